The van der Waals surface area contributed by atoms with Gasteiger partial charge in [0, 0.05) is 19.1 Å². The summed E-state index contributed by atoms with van der Waals surface area (Å²) in [6.07, 6.45) is 2.59. The van der Waals surface area contributed by atoms with Crippen LogP contribution in [-0.4, -0.2) is 42.9 Å². The molecule has 0 saturated carbocycles. The van der Waals surface area contributed by atoms with Crippen molar-refractivity contribution in [2.45, 2.75) is 18.9 Å². The molecular formula is C11H18N2O4. The second-order valence-electron chi connectivity index (χ2n) is 4.00. The van der Waals surface area contributed by atoms with E-state index in [1.165, 1.54) is 6.08 Å². The molecule has 96 valence electrons. The molecule has 1 fully saturated rings. The normalized spacial score (nSPS) is 20.6. The Morgan fingerprint density at radius 3 is 2.88 bits per heavy atom. The highest BCUT2D eigenvalue weighted by Gasteiger charge is 2.20. The van der Waals surface area contributed by atoms with Gasteiger partial charge in [-0.1, -0.05) is 6.08 Å². The van der Waals surface area contributed by atoms with Gasteiger partial charge in [0.25, 0.3) is 0 Å². The lowest BCUT2D eigenvalue weighted by Crippen LogP contribution is -2.46. The Morgan fingerprint density at radius 1 is 1.59 bits per heavy atom. The van der Waals surface area contributed by atoms with Gasteiger partial charge < -0.3 is 20.5 Å². The molecule has 2 amide bonds. The molecule has 3 N–H and O–H groups in total. The van der Waals surface area contributed by atoms with E-state index in [-0.39, 0.29) is 6.42 Å². The molecule has 0 spiro atoms. The molecule has 1 heterocycles. The van der Waals surface area contributed by atoms with Gasteiger partial charge in [-0.05, 0) is 12.8 Å². The van der Waals surface area contributed by atoms with E-state index in [1.807, 2.05) is 0 Å². The van der Waals surface area contributed by atoms with Crippen molar-refractivity contribution >= 4 is 12.0 Å². The summed E-state index contributed by atoms with van der Waals surface area (Å²) in [5.74, 6) is -0.743. The van der Waals surface area contributed by atoms with Crippen molar-refractivity contribution in [3.63, 3.8) is 0 Å². The van der Waals surface area contributed by atoms with Crippen LogP contribution in [0.2, 0.25) is 0 Å². The minimum absolute atomic E-state index is 0.204. The number of aliphatic carboxylic acids is 1. The van der Waals surface area contributed by atoms with Crippen LogP contribution >= 0.6 is 0 Å². The average Bonchev–Trinajstić information content (AvgIpc) is 2.78. The number of rotatable bonds is 6. The number of hydrogen-bond donors (Lipinski definition) is 3. The summed E-state index contributed by atoms with van der Waals surface area (Å²) in [6, 6.07) is -1.39. The monoisotopic (exact) mass is 242 g/mol. The highest BCUT2D eigenvalue weighted by atomic mass is 16.5. The van der Waals surface area contributed by atoms with Gasteiger partial charge in [0.1, 0.15) is 6.04 Å². The average molecular weight is 242 g/mol. The zero-order valence-corrected chi connectivity index (χ0v) is 9.65. The fraction of sp³-hybridized carbons (Fsp3) is 0.636. The zero-order valence-electron chi connectivity index (χ0n) is 9.65. The van der Waals surface area contributed by atoms with Crippen molar-refractivity contribution < 1.29 is 19.4 Å². The van der Waals surface area contributed by atoms with Gasteiger partial charge in [0.2, 0.25) is 0 Å². The van der Waals surface area contributed by atoms with Crippen molar-refractivity contribution in [2.75, 3.05) is 19.8 Å². The zero-order chi connectivity index (χ0) is 12.7. The summed E-state index contributed by atoms with van der Waals surface area (Å²) in [7, 11) is 0. The van der Waals surface area contributed by atoms with Crippen LogP contribution in [0.1, 0.15) is 12.8 Å². The molecule has 1 saturated heterocycles. The number of carbonyl (C=O) groups excluding carboxylic acids is 1. The van der Waals surface area contributed by atoms with Gasteiger partial charge >= 0.3 is 12.0 Å². The molecule has 0 bridgehead atoms. The molecule has 1 aliphatic rings. The SMILES string of the molecule is C=CCC(NC(=O)NCC1CCOC1)C(=O)O. The van der Waals surface area contributed by atoms with Crippen LogP contribution in [0.4, 0.5) is 4.79 Å². The van der Waals surface area contributed by atoms with E-state index in [1.54, 1.807) is 0 Å². The number of carboxylic acid groups (broad SMARTS) is 1. The Morgan fingerprint density at radius 2 is 2.35 bits per heavy atom. The van der Waals surface area contributed by atoms with Gasteiger partial charge in [0.15, 0.2) is 0 Å². The van der Waals surface area contributed by atoms with Crippen molar-refractivity contribution in [3.05, 3.63) is 12.7 Å². The van der Waals surface area contributed by atoms with Crippen molar-refractivity contribution in [3.8, 4) is 0 Å². The van der Waals surface area contributed by atoms with E-state index in [2.05, 4.69) is 17.2 Å². The summed E-state index contributed by atoms with van der Waals surface area (Å²) in [4.78, 5) is 22.2. The summed E-state index contributed by atoms with van der Waals surface area (Å²) < 4.78 is 5.17. The first-order valence-corrected chi connectivity index (χ1v) is 5.59. The molecule has 2 atom stereocenters. The smallest absolute Gasteiger partial charge is 0.326 e. The second-order valence-corrected chi connectivity index (χ2v) is 4.00. The molecule has 0 aromatic rings. The highest BCUT2D eigenvalue weighted by molar-refractivity contribution is 5.82. The summed E-state index contributed by atoms with van der Waals surface area (Å²) >= 11 is 0. The number of carboxylic acids is 1. The Balaban J connectivity index is 2.26. The van der Waals surface area contributed by atoms with E-state index in [0.717, 1.165) is 13.0 Å². The highest BCUT2D eigenvalue weighted by Crippen LogP contribution is 2.10. The lowest BCUT2D eigenvalue weighted by atomic mass is 10.1. The fourth-order valence-corrected chi connectivity index (χ4v) is 1.58. The second kappa shape index (κ2) is 6.90. The topological polar surface area (TPSA) is 87.7 Å². The molecule has 0 aliphatic carbocycles. The Kier molecular flexibility index (Phi) is 5.48. The van der Waals surface area contributed by atoms with Gasteiger partial charge in [-0.15, -0.1) is 6.58 Å². The third-order valence-electron chi connectivity index (χ3n) is 2.58. The quantitative estimate of drug-likeness (QED) is 0.586. The number of carbonyl (C=O) groups is 2. The van der Waals surface area contributed by atoms with Crippen molar-refractivity contribution in [1.29, 1.82) is 0 Å². The lowest BCUT2D eigenvalue weighted by molar-refractivity contribution is -0.139. The summed E-state index contributed by atoms with van der Waals surface area (Å²) in [6.45, 7) is 5.33. The molecule has 1 rings (SSSR count). The third kappa shape index (κ3) is 4.86. The maximum atomic E-state index is 11.4. The number of nitrogens with one attached hydrogen (secondary N) is 2. The van der Waals surface area contributed by atoms with E-state index < -0.39 is 18.0 Å². The van der Waals surface area contributed by atoms with Gasteiger partial charge in [-0.2, -0.15) is 0 Å². The van der Waals surface area contributed by atoms with E-state index in [9.17, 15) is 9.59 Å². The first-order valence-electron chi connectivity index (χ1n) is 5.59. The van der Waals surface area contributed by atoms with Gasteiger partial charge in [-0.3, -0.25) is 0 Å². The number of ether oxygens (including phenoxy) is 1. The standard InChI is InChI=1S/C11H18N2O4/c1-2-3-9(10(14)15)13-11(16)12-6-8-4-5-17-7-8/h2,8-9H,1,3-7H2,(H,14,15)(H2,12,13,16). The summed E-state index contributed by atoms with van der Waals surface area (Å²) in [5, 5.41) is 13.8. The molecule has 0 aromatic carbocycles. The molecule has 0 aromatic heterocycles. The van der Waals surface area contributed by atoms with Crippen LogP contribution in [0.3, 0.4) is 0 Å². The van der Waals surface area contributed by atoms with Crippen LogP contribution in [0, 0.1) is 5.92 Å². The first-order chi connectivity index (χ1) is 8.13. The number of urea groups is 1. The van der Waals surface area contributed by atoms with Gasteiger partial charge in [0.05, 0.1) is 6.61 Å². The predicted octanol–water partition coefficient (Wildman–Crippen LogP) is 0.351. The van der Waals surface area contributed by atoms with Crippen LogP contribution in [-0.2, 0) is 9.53 Å². The largest absolute Gasteiger partial charge is 0.480 e. The van der Waals surface area contributed by atoms with Crippen LogP contribution < -0.4 is 10.6 Å². The maximum absolute atomic E-state index is 11.4. The fourth-order valence-electron chi connectivity index (χ4n) is 1.58. The van der Waals surface area contributed by atoms with Crippen molar-refractivity contribution in [2.24, 2.45) is 5.92 Å². The minimum Gasteiger partial charge on any atom is -0.480 e. The van der Waals surface area contributed by atoms with Crippen LogP contribution in [0.15, 0.2) is 12.7 Å². The Labute approximate surface area is 100 Å². The Bertz CT molecular complexity index is 287. The van der Waals surface area contributed by atoms with Crippen LogP contribution in [0.5, 0.6) is 0 Å². The maximum Gasteiger partial charge on any atom is 0.326 e. The first kappa shape index (κ1) is 13.5. The van der Waals surface area contributed by atoms with Crippen LogP contribution in [0.25, 0.3) is 0 Å². The van der Waals surface area contributed by atoms with E-state index in [0.29, 0.717) is 19.1 Å². The predicted molar refractivity (Wildman–Crippen MR) is 61.7 cm³/mol. The minimum atomic E-state index is -1.07. The van der Waals surface area contributed by atoms with E-state index in [4.69, 9.17) is 9.84 Å². The van der Waals surface area contributed by atoms with Gasteiger partial charge in [-0.25, -0.2) is 9.59 Å². The molecule has 2 unspecified atom stereocenters. The molecule has 17 heavy (non-hydrogen) atoms. The molecule has 6 nitrogen and oxygen atoms in total. The number of hydrogen-bond acceptors (Lipinski definition) is 3. The third-order valence-corrected chi connectivity index (χ3v) is 2.58. The summed E-state index contributed by atoms with van der Waals surface area (Å²) in [5.41, 5.74) is 0. The van der Waals surface area contributed by atoms with E-state index >= 15 is 0 Å². The molecule has 6 heteroatoms. The molecule has 1 aliphatic heterocycles. The lowest BCUT2D eigenvalue weighted by Gasteiger charge is -2.14. The van der Waals surface area contributed by atoms with Crippen molar-refractivity contribution in [1.82, 2.24) is 10.6 Å². The molecule has 0 radical (unpaired) electrons. The Hall–Kier alpha value is -1.56. The molecular weight excluding hydrogens is 224 g/mol. The number of amides is 2.